The summed E-state index contributed by atoms with van der Waals surface area (Å²) in [5.41, 5.74) is 0.336. The monoisotopic (exact) mass is 310 g/mol. The molecule has 0 unspecified atom stereocenters. The molecular formula is C9H8BrFO4S. The van der Waals surface area contributed by atoms with Crippen LogP contribution in [0.3, 0.4) is 0 Å². The van der Waals surface area contributed by atoms with Crippen LogP contribution >= 0.6 is 15.9 Å². The Bertz CT molecular complexity index is 512. The standard InChI is InChI=1S/C9H8BrFO4S/c10-8-3-7(11)2-1-6(8)4-16(14,15)5-9(12)13/h1-3H,4-5H2,(H,12,13). The fourth-order valence-electron chi connectivity index (χ4n) is 1.11. The lowest BCUT2D eigenvalue weighted by Gasteiger charge is -2.04. The summed E-state index contributed by atoms with van der Waals surface area (Å²) in [5, 5.41) is 8.39. The van der Waals surface area contributed by atoms with Gasteiger partial charge in [-0.3, -0.25) is 4.79 Å². The molecule has 0 fully saturated rings. The highest BCUT2D eigenvalue weighted by Gasteiger charge is 2.18. The molecule has 0 aromatic heterocycles. The number of hydrogen-bond donors (Lipinski definition) is 1. The van der Waals surface area contributed by atoms with E-state index in [1.54, 1.807) is 0 Å². The van der Waals surface area contributed by atoms with Crippen molar-refractivity contribution in [2.45, 2.75) is 5.75 Å². The molecule has 0 atom stereocenters. The van der Waals surface area contributed by atoms with Gasteiger partial charge in [-0.25, -0.2) is 12.8 Å². The van der Waals surface area contributed by atoms with Gasteiger partial charge in [0, 0.05) is 4.47 Å². The number of halogens is 2. The first-order chi connectivity index (χ1) is 7.30. The molecule has 0 spiro atoms. The highest BCUT2D eigenvalue weighted by atomic mass is 79.9. The second-order valence-electron chi connectivity index (χ2n) is 3.16. The third-order valence-electron chi connectivity index (χ3n) is 1.73. The van der Waals surface area contributed by atoms with Crippen molar-refractivity contribution in [2.75, 3.05) is 5.75 Å². The first kappa shape index (κ1) is 13.1. The maximum absolute atomic E-state index is 12.7. The van der Waals surface area contributed by atoms with Crippen LogP contribution in [0.2, 0.25) is 0 Å². The quantitative estimate of drug-likeness (QED) is 0.916. The van der Waals surface area contributed by atoms with Gasteiger partial charge in [0.1, 0.15) is 11.6 Å². The lowest BCUT2D eigenvalue weighted by molar-refractivity contribution is -0.134. The number of rotatable bonds is 4. The maximum Gasteiger partial charge on any atom is 0.318 e. The molecule has 7 heteroatoms. The van der Waals surface area contributed by atoms with Crippen molar-refractivity contribution in [3.8, 4) is 0 Å². The Balaban J connectivity index is 2.92. The van der Waals surface area contributed by atoms with Crippen LogP contribution in [-0.4, -0.2) is 25.2 Å². The zero-order valence-electron chi connectivity index (χ0n) is 7.98. The van der Waals surface area contributed by atoms with E-state index in [0.717, 1.165) is 12.1 Å². The molecule has 0 aliphatic heterocycles. The summed E-state index contributed by atoms with van der Waals surface area (Å²) in [5.74, 6) is -3.26. The van der Waals surface area contributed by atoms with Gasteiger partial charge >= 0.3 is 5.97 Å². The summed E-state index contributed by atoms with van der Waals surface area (Å²) < 4.78 is 35.7. The maximum atomic E-state index is 12.7. The summed E-state index contributed by atoms with van der Waals surface area (Å²) in [7, 11) is -3.72. The highest BCUT2D eigenvalue weighted by molar-refractivity contribution is 9.10. The molecule has 88 valence electrons. The minimum atomic E-state index is -3.72. The molecule has 0 aliphatic rings. The molecular weight excluding hydrogens is 303 g/mol. The van der Waals surface area contributed by atoms with E-state index < -0.39 is 33.1 Å². The lowest BCUT2D eigenvalue weighted by atomic mass is 10.2. The number of benzene rings is 1. The zero-order valence-corrected chi connectivity index (χ0v) is 10.4. The Hall–Kier alpha value is -0.950. The second-order valence-corrected chi connectivity index (χ2v) is 6.08. The number of sulfone groups is 1. The summed E-state index contributed by atoms with van der Waals surface area (Å²) in [6, 6.07) is 3.56. The van der Waals surface area contributed by atoms with Gasteiger partial charge in [-0.2, -0.15) is 0 Å². The van der Waals surface area contributed by atoms with Crippen molar-refractivity contribution in [3.05, 3.63) is 34.1 Å². The Labute approximate surface area is 100 Å². The van der Waals surface area contributed by atoms with Gasteiger partial charge in [-0.1, -0.05) is 22.0 Å². The first-order valence-corrected chi connectivity index (χ1v) is 6.78. The predicted octanol–water partition coefficient (Wildman–Crippen LogP) is 1.59. The molecule has 0 amide bonds. The van der Waals surface area contributed by atoms with Crippen molar-refractivity contribution >= 4 is 31.7 Å². The normalized spacial score (nSPS) is 11.4. The van der Waals surface area contributed by atoms with E-state index in [-0.39, 0.29) is 0 Å². The Morgan fingerprint density at radius 3 is 2.56 bits per heavy atom. The second kappa shape index (κ2) is 4.92. The van der Waals surface area contributed by atoms with E-state index in [1.165, 1.54) is 6.07 Å². The fraction of sp³-hybridized carbons (Fsp3) is 0.222. The molecule has 16 heavy (non-hydrogen) atoms. The summed E-state index contributed by atoms with van der Waals surface area (Å²) in [4.78, 5) is 10.3. The van der Waals surface area contributed by atoms with E-state index in [9.17, 15) is 17.6 Å². The molecule has 0 saturated heterocycles. The number of carboxylic acid groups (broad SMARTS) is 1. The summed E-state index contributed by atoms with van der Waals surface area (Å²) in [6.07, 6.45) is 0. The molecule has 1 N–H and O–H groups in total. The molecule has 1 aromatic carbocycles. The topological polar surface area (TPSA) is 71.4 Å². The summed E-state index contributed by atoms with van der Waals surface area (Å²) in [6.45, 7) is 0. The van der Waals surface area contributed by atoms with Crippen molar-refractivity contribution in [2.24, 2.45) is 0 Å². The largest absolute Gasteiger partial charge is 0.480 e. The third-order valence-corrected chi connectivity index (χ3v) is 3.91. The van der Waals surface area contributed by atoms with Gasteiger partial charge in [0.2, 0.25) is 0 Å². The molecule has 0 bridgehead atoms. The van der Waals surface area contributed by atoms with Gasteiger partial charge in [-0.15, -0.1) is 0 Å². The van der Waals surface area contributed by atoms with Crippen LogP contribution in [0, 0.1) is 5.82 Å². The van der Waals surface area contributed by atoms with Gasteiger partial charge in [-0.05, 0) is 17.7 Å². The van der Waals surface area contributed by atoms with Crippen molar-refractivity contribution < 1.29 is 22.7 Å². The average Bonchev–Trinajstić information content (AvgIpc) is 2.07. The van der Waals surface area contributed by atoms with Gasteiger partial charge in [0.25, 0.3) is 0 Å². The van der Waals surface area contributed by atoms with Crippen LogP contribution in [0.5, 0.6) is 0 Å². The van der Waals surface area contributed by atoms with Crippen LogP contribution < -0.4 is 0 Å². The molecule has 1 aromatic rings. The van der Waals surface area contributed by atoms with Crippen LogP contribution in [-0.2, 0) is 20.4 Å². The smallest absolute Gasteiger partial charge is 0.318 e. The van der Waals surface area contributed by atoms with Crippen LogP contribution in [0.15, 0.2) is 22.7 Å². The third kappa shape index (κ3) is 3.90. The minimum Gasteiger partial charge on any atom is -0.480 e. The van der Waals surface area contributed by atoms with Gasteiger partial charge in [0.05, 0.1) is 5.75 Å². The number of carbonyl (C=O) groups is 1. The molecule has 1 rings (SSSR count). The number of carboxylic acids is 1. The van der Waals surface area contributed by atoms with E-state index in [2.05, 4.69) is 15.9 Å². The van der Waals surface area contributed by atoms with Crippen molar-refractivity contribution in [1.29, 1.82) is 0 Å². The average molecular weight is 311 g/mol. The molecule has 0 aliphatic carbocycles. The molecule has 4 nitrogen and oxygen atoms in total. The van der Waals surface area contributed by atoms with Crippen LogP contribution in [0.1, 0.15) is 5.56 Å². The zero-order chi connectivity index (χ0) is 12.3. The Morgan fingerprint density at radius 2 is 2.06 bits per heavy atom. The molecule has 0 radical (unpaired) electrons. The van der Waals surface area contributed by atoms with E-state index >= 15 is 0 Å². The molecule has 0 saturated carbocycles. The van der Waals surface area contributed by atoms with E-state index in [4.69, 9.17) is 5.11 Å². The van der Waals surface area contributed by atoms with Crippen molar-refractivity contribution in [1.82, 2.24) is 0 Å². The SMILES string of the molecule is O=C(O)CS(=O)(=O)Cc1ccc(F)cc1Br. The Kier molecular flexibility index (Phi) is 4.03. The highest BCUT2D eigenvalue weighted by Crippen LogP contribution is 2.20. The van der Waals surface area contributed by atoms with Crippen LogP contribution in [0.4, 0.5) is 4.39 Å². The van der Waals surface area contributed by atoms with Crippen LogP contribution in [0.25, 0.3) is 0 Å². The first-order valence-electron chi connectivity index (χ1n) is 4.16. The summed E-state index contributed by atoms with van der Waals surface area (Å²) >= 11 is 3.01. The van der Waals surface area contributed by atoms with E-state index in [0.29, 0.717) is 10.0 Å². The van der Waals surface area contributed by atoms with Gasteiger partial charge in [0.15, 0.2) is 9.84 Å². The lowest BCUT2D eigenvalue weighted by Crippen LogP contribution is -2.17. The van der Waals surface area contributed by atoms with E-state index in [1.807, 2.05) is 0 Å². The number of aliphatic carboxylic acids is 1. The fourth-order valence-corrected chi connectivity index (χ4v) is 3.00. The molecule has 0 heterocycles. The number of hydrogen-bond acceptors (Lipinski definition) is 3. The Morgan fingerprint density at radius 1 is 1.44 bits per heavy atom. The van der Waals surface area contributed by atoms with Crippen molar-refractivity contribution in [3.63, 3.8) is 0 Å². The predicted molar refractivity (Wildman–Crippen MR) is 59.2 cm³/mol. The minimum absolute atomic E-state index is 0.307. The van der Waals surface area contributed by atoms with Gasteiger partial charge < -0.3 is 5.11 Å².